The second-order valence-corrected chi connectivity index (χ2v) is 2.88. The highest BCUT2D eigenvalue weighted by atomic mass is 16.5. The molecule has 0 unspecified atom stereocenters. The second kappa shape index (κ2) is 4.08. The topological polar surface area (TPSA) is 26.3 Å². The van der Waals surface area contributed by atoms with E-state index in [-0.39, 0.29) is 5.97 Å². The van der Waals surface area contributed by atoms with Crippen LogP contribution in [0.3, 0.4) is 0 Å². The Kier molecular flexibility index (Phi) is 3.07. The fourth-order valence-electron chi connectivity index (χ4n) is 1.20. The van der Waals surface area contributed by atoms with Crippen molar-refractivity contribution in [2.75, 3.05) is 7.11 Å². The number of rotatable bonds is 2. The molecule has 0 spiro atoms. The summed E-state index contributed by atoms with van der Waals surface area (Å²) in [4.78, 5) is 11.2. The van der Waals surface area contributed by atoms with Gasteiger partial charge in [-0.25, -0.2) is 4.79 Å². The lowest BCUT2D eigenvalue weighted by molar-refractivity contribution is 0.0600. The van der Waals surface area contributed by atoms with E-state index in [4.69, 9.17) is 0 Å². The van der Waals surface area contributed by atoms with Gasteiger partial charge in [-0.3, -0.25) is 0 Å². The minimum absolute atomic E-state index is 0.305. The molecule has 1 aromatic carbocycles. The third-order valence-corrected chi connectivity index (χ3v) is 1.88. The Morgan fingerprint density at radius 1 is 1.46 bits per heavy atom. The Balaban J connectivity index is 3.08. The van der Waals surface area contributed by atoms with Gasteiger partial charge in [0.1, 0.15) is 0 Å². The highest BCUT2D eigenvalue weighted by Crippen LogP contribution is 2.11. The number of hydrogen-bond acceptors (Lipinski definition) is 2. The molecule has 1 radical (unpaired) electrons. The van der Waals surface area contributed by atoms with Gasteiger partial charge in [-0.1, -0.05) is 13.0 Å². The fourth-order valence-corrected chi connectivity index (χ4v) is 1.20. The molecule has 2 nitrogen and oxygen atoms in total. The molecule has 1 aromatic rings. The average molecular weight is 177 g/mol. The van der Waals surface area contributed by atoms with Crippen LogP contribution in [0, 0.1) is 6.92 Å². The van der Waals surface area contributed by atoms with Crippen molar-refractivity contribution in [2.24, 2.45) is 0 Å². The molecule has 69 valence electrons. The minimum Gasteiger partial charge on any atom is -0.465 e. The highest BCUT2D eigenvalue weighted by Gasteiger charge is 2.06. The number of carbonyl (C=O) groups excluding carboxylic acids is 1. The average Bonchev–Trinajstić information content (AvgIpc) is 2.15. The van der Waals surface area contributed by atoms with Crippen LogP contribution in [0.25, 0.3) is 0 Å². The molecule has 0 amide bonds. The van der Waals surface area contributed by atoms with Crippen LogP contribution in [0.4, 0.5) is 0 Å². The van der Waals surface area contributed by atoms with Gasteiger partial charge in [0.2, 0.25) is 0 Å². The molecule has 1 rings (SSSR count). The summed E-state index contributed by atoms with van der Waals surface area (Å²) in [5.74, 6) is -0.305. The van der Waals surface area contributed by atoms with Crippen LogP contribution < -0.4 is 0 Å². The Hall–Kier alpha value is -1.31. The van der Waals surface area contributed by atoms with E-state index in [0.29, 0.717) is 5.56 Å². The molecule has 13 heavy (non-hydrogen) atoms. The van der Waals surface area contributed by atoms with Crippen LogP contribution in [0.2, 0.25) is 0 Å². The molecule has 0 aliphatic carbocycles. The molecule has 0 aliphatic rings. The van der Waals surface area contributed by atoms with Crippen molar-refractivity contribution in [1.82, 2.24) is 0 Å². The maximum atomic E-state index is 11.2. The van der Waals surface area contributed by atoms with Gasteiger partial charge >= 0.3 is 5.97 Å². The summed E-state index contributed by atoms with van der Waals surface area (Å²) in [6, 6.07) is 5.53. The molecule has 0 heterocycles. The largest absolute Gasteiger partial charge is 0.465 e. The van der Waals surface area contributed by atoms with Crippen LogP contribution in [-0.2, 0) is 11.2 Å². The predicted octanol–water partition coefficient (Wildman–Crippen LogP) is 2.22. The zero-order valence-corrected chi connectivity index (χ0v) is 7.96. The van der Waals surface area contributed by atoms with Crippen LogP contribution in [0.1, 0.15) is 28.4 Å². The predicted molar refractivity (Wildman–Crippen MR) is 51.6 cm³/mol. The normalized spacial score (nSPS) is 9.77. The van der Waals surface area contributed by atoms with E-state index < -0.39 is 0 Å². The summed E-state index contributed by atoms with van der Waals surface area (Å²) in [7, 11) is 1.38. The number of esters is 1. The van der Waals surface area contributed by atoms with Gasteiger partial charge in [0.05, 0.1) is 12.7 Å². The van der Waals surface area contributed by atoms with E-state index in [1.54, 1.807) is 6.07 Å². The summed E-state index contributed by atoms with van der Waals surface area (Å²) < 4.78 is 4.62. The second-order valence-electron chi connectivity index (χ2n) is 2.88. The van der Waals surface area contributed by atoms with E-state index in [1.165, 1.54) is 7.11 Å². The number of ether oxygens (including phenoxy) is 1. The van der Waals surface area contributed by atoms with E-state index >= 15 is 0 Å². The standard InChI is InChI=1S/C11H13O2/c1-4-9-5-8(2)6-10(7-9)11(12)13-3/h5-7H,2,4H2,1,3H3. The van der Waals surface area contributed by atoms with Gasteiger partial charge in [-0.15, -0.1) is 0 Å². The van der Waals surface area contributed by atoms with Crippen molar-refractivity contribution in [3.8, 4) is 0 Å². The zero-order valence-electron chi connectivity index (χ0n) is 7.96. The van der Waals surface area contributed by atoms with E-state index in [1.807, 2.05) is 19.1 Å². The van der Waals surface area contributed by atoms with Crippen molar-refractivity contribution in [3.05, 3.63) is 41.8 Å². The lowest BCUT2D eigenvalue weighted by Crippen LogP contribution is -2.02. The summed E-state index contributed by atoms with van der Waals surface area (Å²) in [5.41, 5.74) is 2.53. The number of hydrogen-bond donors (Lipinski definition) is 0. The van der Waals surface area contributed by atoms with Crippen LogP contribution in [0.15, 0.2) is 18.2 Å². The quantitative estimate of drug-likeness (QED) is 0.647. The lowest BCUT2D eigenvalue weighted by Gasteiger charge is -2.03. The van der Waals surface area contributed by atoms with Crippen molar-refractivity contribution in [3.63, 3.8) is 0 Å². The highest BCUT2D eigenvalue weighted by molar-refractivity contribution is 5.89. The Morgan fingerprint density at radius 2 is 2.15 bits per heavy atom. The van der Waals surface area contributed by atoms with Gasteiger partial charge in [0.25, 0.3) is 0 Å². The smallest absolute Gasteiger partial charge is 0.337 e. The Morgan fingerprint density at radius 3 is 2.69 bits per heavy atom. The fraction of sp³-hybridized carbons (Fsp3) is 0.273. The molecule has 0 bridgehead atoms. The first-order valence-corrected chi connectivity index (χ1v) is 4.21. The number of methoxy groups -OCH3 is 1. The van der Waals surface area contributed by atoms with Crippen LogP contribution >= 0.6 is 0 Å². The molecule has 0 saturated carbocycles. The molecular weight excluding hydrogens is 164 g/mol. The molecule has 0 atom stereocenters. The monoisotopic (exact) mass is 177 g/mol. The Bertz CT molecular complexity index is 316. The minimum atomic E-state index is -0.305. The van der Waals surface area contributed by atoms with Crippen LogP contribution in [0.5, 0.6) is 0 Å². The number of aryl methyl sites for hydroxylation is 1. The maximum absolute atomic E-state index is 11.2. The molecule has 0 aromatic heterocycles. The van der Waals surface area contributed by atoms with Crippen molar-refractivity contribution in [2.45, 2.75) is 13.3 Å². The maximum Gasteiger partial charge on any atom is 0.337 e. The SMILES string of the molecule is [CH2]c1cc(CC)cc(C(=O)OC)c1. The number of carbonyl (C=O) groups is 1. The van der Waals surface area contributed by atoms with Crippen molar-refractivity contribution < 1.29 is 9.53 Å². The van der Waals surface area contributed by atoms with Gasteiger partial charge in [0.15, 0.2) is 0 Å². The molecule has 0 fully saturated rings. The first-order valence-electron chi connectivity index (χ1n) is 4.21. The lowest BCUT2D eigenvalue weighted by atomic mass is 10.1. The first-order chi connectivity index (χ1) is 6.17. The van der Waals surface area contributed by atoms with E-state index in [9.17, 15) is 4.79 Å². The van der Waals surface area contributed by atoms with Gasteiger partial charge < -0.3 is 4.74 Å². The first kappa shape index (κ1) is 9.78. The summed E-state index contributed by atoms with van der Waals surface area (Å²) in [6.45, 7) is 5.84. The van der Waals surface area contributed by atoms with Crippen LogP contribution in [-0.4, -0.2) is 13.1 Å². The molecular formula is C11H13O2. The molecule has 0 N–H and O–H groups in total. The third kappa shape index (κ3) is 2.31. The Labute approximate surface area is 78.5 Å². The molecule has 0 aliphatic heterocycles. The van der Waals surface area contributed by atoms with Gasteiger partial charge in [-0.2, -0.15) is 0 Å². The van der Waals surface area contributed by atoms with E-state index in [0.717, 1.165) is 17.5 Å². The summed E-state index contributed by atoms with van der Waals surface area (Å²) in [6.07, 6.45) is 0.896. The molecule has 0 saturated heterocycles. The van der Waals surface area contributed by atoms with Gasteiger partial charge in [-0.05, 0) is 36.6 Å². The van der Waals surface area contributed by atoms with E-state index in [2.05, 4.69) is 11.7 Å². The molecule has 2 heteroatoms. The zero-order chi connectivity index (χ0) is 9.84. The van der Waals surface area contributed by atoms with Crippen molar-refractivity contribution in [1.29, 1.82) is 0 Å². The third-order valence-electron chi connectivity index (χ3n) is 1.88. The van der Waals surface area contributed by atoms with Gasteiger partial charge in [0, 0.05) is 0 Å². The van der Waals surface area contributed by atoms with Crippen molar-refractivity contribution >= 4 is 5.97 Å². The summed E-state index contributed by atoms with van der Waals surface area (Å²) >= 11 is 0. The number of benzene rings is 1. The summed E-state index contributed by atoms with van der Waals surface area (Å²) in [5, 5.41) is 0.